The lowest BCUT2D eigenvalue weighted by Gasteiger charge is -2.27. The fourth-order valence-corrected chi connectivity index (χ4v) is 4.04. The van der Waals surface area contributed by atoms with E-state index >= 15 is 0 Å². The minimum absolute atomic E-state index is 0.0984. The predicted molar refractivity (Wildman–Crippen MR) is 106 cm³/mol. The number of aryl methyl sites for hydroxylation is 1. The fraction of sp³-hybridized carbons (Fsp3) is 0.318. The first kappa shape index (κ1) is 16.7. The summed E-state index contributed by atoms with van der Waals surface area (Å²) in [6.07, 6.45) is 4.80. The number of benzene rings is 2. The van der Waals surface area contributed by atoms with E-state index in [-0.39, 0.29) is 5.91 Å². The van der Waals surface area contributed by atoms with Crippen molar-refractivity contribution in [2.75, 3.05) is 18.0 Å². The lowest BCUT2D eigenvalue weighted by molar-refractivity contribution is -0.120. The quantitative estimate of drug-likeness (QED) is 0.767. The number of hydrogen-bond donors (Lipinski definition) is 1. The molecule has 1 aromatic heterocycles. The van der Waals surface area contributed by atoms with Crippen molar-refractivity contribution in [3.63, 3.8) is 0 Å². The minimum Gasteiger partial charge on any atom is -0.367 e. The molecule has 0 aliphatic carbocycles. The molecule has 4 heteroatoms. The highest BCUT2D eigenvalue weighted by Crippen LogP contribution is 2.25. The van der Waals surface area contributed by atoms with Gasteiger partial charge in [-0.2, -0.15) is 0 Å². The third-order valence-electron chi connectivity index (χ3n) is 5.33. The van der Waals surface area contributed by atoms with E-state index in [0.29, 0.717) is 19.0 Å². The highest BCUT2D eigenvalue weighted by atomic mass is 16.1. The predicted octanol–water partition coefficient (Wildman–Crippen LogP) is 3.51. The van der Waals surface area contributed by atoms with Gasteiger partial charge in [-0.3, -0.25) is 4.79 Å². The molecule has 0 saturated carbocycles. The zero-order chi connectivity index (χ0) is 17.9. The van der Waals surface area contributed by atoms with E-state index in [9.17, 15) is 4.79 Å². The number of nitrogens with zero attached hydrogens (tertiary/aromatic N) is 2. The number of amides is 1. The van der Waals surface area contributed by atoms with Crippen LogP contribution < -0.4 is 10.2 Å². The second kappa shape index (κ2) is 7.24. The van der Waals surface area contributed by atoms with Crippen LogP contribution in [-0.2, 0) is 18.3 Å². The van der Waals surface area contributed by atoms with Crippen LogP contribution in [0.2, 0.25) is 0 Å². The Hall–Kier alpha value is -2.75. The first-order chi connectivity index (χ1) is 12.7. The number of carbonyl (C=O) groups excluding carboxylic acids is 1. The van der Waals surface area contributed by atoms with Gasteiger partial charge in [0, 0.05) is 49.0 Å². The molecule has 4 rings (SSSR count). The van der Waals surface area contributed by atoms with Crippen molar-refractivity contribution in [2.45, 2.75) is 25.3 Å². The number of carbonyl (C=O) groups is 1. The number of nitrogens with one attached hydrogen (secondary N) is 1. The monoisotopic (exact) mass is 347 g/mol. The summed E-state index contributed by atoms with van der Waals surface area (Å²) in [6, 6.07) is 19.1. The summed E-state index contributed by atoms with van der Waals surface area (Å²) in [5, 5.41) is 4.32. The molecule has 1 aliphatic heterocycles. The van der Waals surface area contributed by atoms with E-state index in [4.69, 9.17) is 0 Å². The molecule has 1 N–H and O–H groups in total. The average Bonchev–Trinajstić information content (AvgIpc) is 3.26. The van der Waals surface area contributed by atoms with Crippen molar-refractivity contribution in [1.29, 1.82) is 0 Å². The molecule has 0 radical (unpaired) electrons. The molecule has 1 amide bonds. The first-order valence-electron chi connectivity index (χ1n) is 9.34. The number of aromatic nitrogens is 1. The smallest absolute Gasteiger partial charge is 0.224 e. The highest BCUT2D eigenvalue weighted by molar-refractivity contribution is 5.89. The van der Waals surface area contributed by atoms with Gasteiger partial charge in [0.15, 0.2) is 0 Å². The number of hydrogen-bond acceptors (Lipinski definition) is 2. The van der Waals surface area contributed by atoms with E-state index in [0.717, 1.165) is 23.9 Å². The summed E-state index contributed by atoms with van der Waals surface area (Å²) in [6.45, 7) is 1.77. The van der Waals surface area contributed by atoms with Gasteiger partial charge in [-0.1, -0.05) is 36.4 Å². The summed E-state index contributed by atoms with van der Waals surface area (Å²) in [4.78, 5) is 14.9. The lowest BCUT2D eigenvalue weighted by Crippen LogP contribution is -2.40. The van der Waals surface area contributed by atoms with Crippen molar-refractivity contribution in [2.24, 2.45) is 7.05 Å². The Bertz CT molecular complexity index is 900. The van der Waals surface area contributed by atoms with Crippen molar-refractivity contribution in [3.05, 3.63) is 66.4 Å². The highest BCUT2D eigenvalue weighted by Gasteiger charge is 2.25. The largest absolute Gasteiger partial charge is 0.367 e. The molecule has 1 saturated heterocycles. The Morgan fingerprint density at radius 1 is 1.12 bits per heavy atom. The summed E-state index contributed by atoms with van der Waals surface area (Å²) >= 11 is 0. The van der Waals surface area contributed by atoms with Crippen LogP contribution in [0.1, 0.15) is 18.4 Å². The van der Waals surface area contributed by atoms with Crippen LogP contribution >= 0.6 is 0 Å². The summed E-state index contributed by atoms with van der Waals surface area (Å²) in [5.74, 6) is 0.0984. The normalized spacial score (nSPS) is 17.0. The van der Waals surface area contributed by atoms with Gasteiger partial charge >= 0.3 is 0 Å². The average molecular weight is 347 g/mol. The van der Waals surface area contributed by atoms with Crippen molar-refractivity contribution >= 4 is 22.5 Å². The zero-order valence-corrected chi connectivity index (χ0v) is 15.2. The Labute approximate surface area is 154 Å². The molecule has 4 nitrogen and oxygen atoms in total. The molecule has 1 aliphatic rings. The van der Waals surface area contributed by atoms with Gasteiger partial charge < -0.3 is 14.8 Å². The van der Waals surface area contributed by atoms with E-state index in [1.165, 1.54) is 17.6 Å². The van der Waals surface area contributed by atoms with Crippen molar-refractivity contribution < 1.29 is 4.79 Å². The summed E-state index contributed by atoms with van der Waals surface area (Å²) in [5.41, 5.74) is 3.51. The lowest BCUT2D eigenvalue weighted by atomic mass is 10.1. The Morgan fingerprint density at radius 3 is 2.73 bits per heavy atom. The van der Waals surface area contributed by atoms with Crippen molar-refractivity contribution in [1.82, 2.24) is 9.88 Å². The number of para-hydroxylation sites is 2. The number of fused-ring (bicyclic) bond motifs is 1. The SMILES string of the molecule is Cn1cc(CC(=O)NC[C@H]2CCCN2c2ccccc2)c2ccccc21. The molecule has 1 fully saturated rings. The second-order valence-electron chi connectivity index (χ2n) is 7.09. The van der Waals surface area contributed by atoms with Crippen LogP contribution in [0.15, 0.2) is 60.8 Å². The standard InChI is InChI=1S/C22H25N3O/c1-24-16-17(20-11-5-6-12-21(20)24)14-22(26)23-15-19-10-7-13-25(19)18-8-3-2-4-9-18/h2-6,8-9,11-12,16,19H,7,10,13-15H2,1H3,(H,23,26)/t19-/m1/s1. The Kier molecular flexibility index (Phi) is 4.65. The maximum absolute atomic E-state index is 12.5. The molecule has 134 valence electrons. The summed E-state index contributed by atoms with van der Waals surface area (Å²) < 4.78 is 2.09. The van der Waals surface area contributed by atoms with Crippen LogP contribution in [0.3, 0.4) is 0 Å². The molecule has 1 atom stereocenters. The molecule has 2 heterocycles. The molecular weight excluding hydrogens is 322 g/mol. The fourth-order valence-electron chi connectivity index (χ4n) is 4.04. The van der Waals surface area contributed by atoms with Gasteiger partial charge in [-0.05, 0) is 36.6 Å². The third kappa shape index (κ3) is 3.32. The number of anilines is 1. The van der Waals surface area contributed by atoms with E-state index in [1.807, 2.05) is 25.2 Å². The molecule has 2 aromatic carbocycles. The topological polar surface area (TPSA) is 37.3 Å². The van der Waals surface area contributed by atoms with Gasteiger partial charge in [0.2, 0.25) is 5.91 Å². The van der Waals surface area contributed by atoms with Crippen molar-refractivity contribution in [3.8, 4) is 0 Å². The van der Waals surface area contributed by atoms with Gasteiger partial charge in [0.05, 0.1) is 6.42 Å². The maximum atomic E-state index is 12.5. The molecular formula is C22H25N3O. The first-order valence-corrected chi connectivity index (χ1v) is 9.34. The van der Waals surface area contributed by atoms with Crippen LogP contribution in [0.5, 0.6) is 0 Å². The van der Waals surface area contributed by atoms with E-state index in [1.54, 1.807) is 0 Å². The van der Waals surface area contributed by atoms with Crippen LogP contribution in [0.4, 0.5) is 5.69 Å². The van der Waals surface area contributed by atoms with Crippen LogP contribution in [-0.4, -0.2) is 29.6 Å². The van der Waals surface area contributed by atoms with Gasteiger partial charge in [0.25, 0.3) is 0 Å². The Balaban J connectivity index is 1.39. The second-order valence-corrected chi connectivity index (χ2v) is 7.09. The van der Waals surface area contributed by atoms with Gasteiger partial charge in [0.1, 0.15) is 0 Å². The Morgan fingerprint density at radius 2 is 1.88 bits per heavy atom. The molecule has 0 spiro atoms. The zero-order valence-electron chi connectivity index (χ0n) is 15.2. The van der Waals surface area contributed by atoms with E-state index < -0.39 is 0 Å². The molecule has 0 unspecified atom stereocenters. The number of rotatable bonds is 5. The van der Waals surface area contributed by atoms with E-state index in [2.05, 4.69) is 57.4 Å². The summed E-state index contributed by atoms with van der Waals surface area (Å²) in [7, 11) is 2.03. The van der Waals surface area contributed by atoms with Gasteiger partial charge in [-0.15, -0.1) is 0 Å². The minimum atomic E-state index is 0.0984. The molecule has 3 aromatic rings. The molecule has 0 bridgehead atoms. The van der Waals surface area contributed by atoms with Gasteiger partial charge in [-0.25, -0.2) is 0 Å². The molecule has 26 heavy (non-hydrogen) atoms. The maximum Gasteiger partial charge on any atom is 0.224 e. The van der Waals surface area contributed by atoms with Crippen LogP contribution in [0.25, 0.3) is 10.9 Å². The third-order valence-corrected chi connectivity index (χ3v) is 5.33. The van der Waals surface area contributed by atoms with Crippen LogP contribution in [0, 0.1) is 0 Å².